The van der Waals surface area contributed by atoms with E-state index in [1.807, 2.05) is 48.5 Å². The molecule has 3 heterocycles. The van der Waals surface area contributed by atoms with E-state index in [0.29, 0.717) is 28.9 Å². The fourth-order valence-corrected chi connectivity index (χ4v) is 6.48. The standard InChI is InChI=1S/C29H29ClN6O5/c1-34-21-10-11-23(34)26(22(16-21)18-4-6-19(30)7-5-18)29(37)40-15-14-17-2-8-20(9-3-17)35(31)24-12-13-25(36(38)39)28-27(24)32-41-33-28/h2-9,12-13,21-23,26H,10-11,14-16,31H2,1H3. The third-order valence-corrected chi connectivity index (χ3v) is 8.77. The molecule has 2 bridgehead atoms. The van der Waals surface area contributed by atoms with E-state index in [1.165, 1.54) is 17.1 Å². The Morgan fingerprint density at radius 1 is 1.12 bits per heavy atom. The molecule has 4 atom stereocenters. The van der Waals surface area contributed by atoms with Crippen LogP contribution in [0.4, 0.5) is 17.1 Å². The number of non-ortho nitro benzene ring substituents is 1. The molecular formula is C29H29ClN6O5. The number of anilines is 2. The topological polar surface area (TPSA) is 141 Å². The molecular weight excluding hydrogens is 548 g/mol. The van der Waals surface area contributed by atoms with Gasteiger partial charge in [0.25, 0.3) is 0 Å². The number of carbonyl (C=O) groups is 1. The maximum absolute atomic E-state index is 13.5. The molecule has 2 saturated heterocycles. The molecule has 212 valence electrons. The summed E-state index contributed by atoms with van der Waals surface area (Å²) >= 11 is 6.12. The molecule has 4 unspecified atom stereocenters. The van der Waals surface area contributed by atoms with Crippen LogP contribution in [0.5, 0.6) is 0 Å². The van der Waals surface area contributed by atoms with Crippen LogP contribution < -0.4 is 10.9 Å². The average Bonchev–Trinajstić information content (AvgIpc) is 3.54. The Morgan fingerprint density at radius 2 is 1.85 bits per heavy atom. The van der Waals surface area contributed by atoms with Crippen molar-refractivity contribution in [3.05, 3.63) is 86.9 Å². The van der Waals surface area contributed by atoms with Crippen LogP contribution in [0, 0.1) is 16.0 Å². The van der Waals surface area contributed by atoms with Gasteiger partial charge in [-0.25, -0.2) is 10.5 Å². The number of benzene rings is 3. The van der Waals surface area contributed by atoms with E-state index in [4.69, 9.17) is 26.8 Å². The molecule has 6 rings (SSSR count). The third kappa shape index (κ3) is 5.12. The summed E-state index contributed by atoms with van der Waals surface area (Å²) in [5.41, 5.74) is 3.16. The van der Waals surface area contributed by atoms with E-state index in [9.17, 15) is 14.9 Å². The molecule has 0 aliphatic carbocycles. The summed E-state index contributed by atoms with van der Waals surface area (Å²) in [7, 11) is 2.11. The van der Waals surface area contributed by atoms with Crippen LogP contribution in [0.3, 0.4) is 0 Å². The number of nitrogens with two attached hydrogens (primary N) is 1. The van der Waals surface area contributed by atoms with Crippen molar-refractivity contribution in [2.24, 2.45) is 11.8 Å². The minimum Gasteiger partial charge on any atom is -0.465 e. The molecule has 2 aliphatic heterocycles. The lowest BCUT2D eigenvalue weighted by molar-refractivity contribution is -0.383. The van der Waals surface area contributed by atoms with Gasteiger partial charge in [0.15, 0.2) is 5.52 Å². The highest BCUT2D eigenvalue weighted by atomic mass is 35.5. The molecule has 4 aromatic rings. The van der Waals surface area contributed by atoms with Gasteiger partial charge in [0.05, 0.1) is 28.8 Å². The van der Waals surface area contributed by atoms with Gasteiger partial charge in [0, 0.05) is 35.5 Å². The number of ether oxygens (including phenoxy) is 1. The lowest BCUT2D eigenvalue weighted by Gasteiger charge is -2.42. The zero-order valence-electron chi connectivity index (χ0n) is 22.4. The number of esters is 1. The first-order valence-corrected chi connectivity index (χ1v) is 13.9. The lowest BCUT2D eigenvalue weighted by Crippen LogP contribution is -2.49. The molecule has 0 spiro atoms. The fourth-order valence-electron chi connectivity index (χ4n) is 6.35. The van der Waals surface area contributed by atoms with Crippen LogP contribution in [0.25, 0.3) is 11.0 Å². The van der Waals surface area contributed by atoms with Crippen LogP contribution in [0.15, 0.2) is 65.3 Å². The molecule has 3 aromatic carbocycles. The van der Waals surface area contributed by atoms with E-state index in [1.54, 1.807) is 0 Å². The summed E-state index contributed by atoms with van der Waals surface area (Å²) in [5.74, 6) is 6.05. The first-order valence-electron chi connectivity index (χ1n) is 13.5. The van der Waals surface area contributed by atoms with Crippen molar-refractivity contribution < 1.29 is 19.1 Å². The van der Waals surface area contributed by atoms with Crippen molar-refractivity contribution >= 4 is 45.7 Å². The van der Waals surface area contributed by atoms with Gasteiger partial charge in [-0.1, -0.05) is 35.9 Å². The Balaban J connectivity index is 1.11. The molecule has 0 saturated carbocycles. The monoisotopic (exact) mass is 576 g/mol. The molecule has 2 aliphatic rings. The molecule has 2 N–H and O–H groups in total. The van der Waals surface area contributed by atoms with Crippen molar-refractivity contribution in [1.29, 1.82) is 0 Å². The minimum atomic E-state index is -0.548. The Kier molecular flexibility index (Phi) is 7.33. The van der Waals surface area contributed by atoms with E-state index in [0.717, 1.165) is 30.4 Å². The van der Waals surface area contributed by atoms with Gasteiger partial charge in [0.2, 0.25) is 5.52 Å². The quantitative estimate of drug-likeness (QED) is 0.129. The maximum Gasteiger partial charge on any atom is 0.311 e. The summed E-state index contributed by atoms with van der Waals surface area (Å²) in [6, 6.07) is 18.8. The summed E-state index contributed by atoms with van der Waals surface area (Å²) in [4.78, 5) is 26.5. The van der Waals surface area contributed by atoms with E-state index < -0.39 is 4.92 Å². The maximum atomic E-state index is 13.5. The second kappa shape index (κ2) is 11.1. The van der Waals surface area contributed by atoms with Crippen LogP contribution in [-0.4, -0.2) is 51.8 Å². The van der Waals surface area contributed by atoms with Gasteiger partial charge >= 0.3 is 11.7 Å². The highest BCUT2D eigenvalue weighted by Crippen LogP contribution is 2.46. The SMILES string of the molecule is CN1C2CCC1C(C(=O)OCCc1ccc(N(N)c3ccc([N+](=O)[O-])c4nonc34)cc1)C(c1ccc(Cl)cc1)C2. The summed E-state index contributed by atoms with van der Waals surface area (Å²) < 4.78 is 10.6. The largest absolute Gasteiger partial charge is 0.465 e. The van der Waals surface area contributed by atoms with Crippen LogP contribution in [0.2, 0.25) is 5.02 Å². The number of carbonyl (C=O) groups excluding carboxylic acids is 1. The second-order valence-electron chi connectivity index (χ2n) is 10.7. The number of hydrazine groups is 1. The van der Waals surface area contributed by atoms with Gasteiger partial charge in [0.1, 0.15) is 0 Å². The molecule has 1 aromatic heterocycles. The molecule has 41 heavy (non-hydrogen) atoms. The molecule has 2 fully saturated rings. The molecule has 12 heteroatoms. The third-order valence-electron chi connectivity index (χ3n) is 8.52. The van der Waals surface area contributed by atoms with Crippen molar-refractivity contribution in [1.82, 2.24) is 15.2 Å². The molecule has 11 nitrogen and oxygen atoms in total. The highest BCUT2D eigenvalue weighted by Gasteiger charge is 2.49. The van der Waals surface area contributed by atoms with Crippen LogP contribution in [0.1, 0.15) is 36.3 Å². The number of rotatable bonds is 8. The zero-order valence-corrected chi connectivity index (χ0v) is 23.1. The number of nitro benzene ring substituents is 1. The Hall–Kier alpha value is -4.06. The number of piperidine rings is 1. The zero-order chi connectivity index (χ0) is 28.7. The Labute approximate surface area is 240 Å². The Morgan fingerprint density at radius 3 is 2.59 bits per heavy atom. The van der Waals surface area contributed by atoms with Gasteiger partial charge in [-0.3, -0.25) is 24.8 Å². The molecule has 0 amide bonds. The lowest BCUT2D eigenvalue weighted by atomic mass is 9.76. The number of aromatic nitrogens is 2. The number of nitro groups is 1. The number of hydrogen-bond donors (Lipinski definition) is 1. The van der Waals surface area contributed by atoms with E-state index in [-0.39, 0.29) is 47.2 Å². The average molecular weight is 577 g/mol. The number of fused-ring (bicyclic) bond motifs is 3. The fraction of sp³-hybridized carbons (Fsp3) is 0.345. The summed E-state index contributed by atoms with van der Waals surface area (Å²) in [6.07, 6.45) is 3.57. The first-order chi connectivity index (χ1) is 19.8. The van der Waals surface area contributed by atoms with Crippen LogP contribution in [-0.2, 0) is 16.0 Å². The van der Waals surface area contributed by atoms with Crippen LogP contribution >= 0.6 is 11.6 Å². The number of nitrogens with zero attached hydrogens (tertiary/aromatic N) is 5. The van der Waals surface area contributed by atoms with Gasteiger partial charge in [-0.15, -0.1) is 0 Å². The van der Waals surface area contributed by atoms with Crippen molar-refractivity contribution in [2.45, 2.75) is 43.7 Å². The number of halogens is 1. The summed E-state index contributed by atoms with van der Waals surface area (Å²) in [5, 5.41) is 20.8. The predicted octanol–water partition coefficient (Wildman–Crippen LogP) is 5.15. The minimum absolute atomic E-state index is 0.0250. The highest BCUT2D eigenvalue weighted by molar-refractivity contribution is 6.30. The summed E-state index contributed by atoms with van der Waals surface area (Å²) in [6.45, 7) is 0.266. The second-order valence-corrected chi connectivity index (χ2v) is 11.1. The Bertz CT molecular complexity index is 1580. The predicted molar refractivity (Wildman–Crippen MR) is 153 cm³/mol. The molecule has 0 radical (unpaired) electrons. The van der Waals surface area contributed by atoms with Gasteiger partial charge in [-0.2, -0.15) is 0 Å². The van der Waals surface area contributed by atoms with Gasteiger partial charge < -0.3 is 4.74 Å². The van der Waals surface area contributed by atoms with Crippen molar-refractivity contribution in [3.8, 4) is 0 Å². The van der Waals surface area contributed by atoms with Crippen molar-refractivity contribution in [3.63, 3.8) is 0 Å². The normalized spacial score (nSPS) is 22.1. The van der Waals surface area contributed by atoms with Crippen molar-refractivity contribution in [2.75, 3.05) is 18.7 Å². The first kappa shape index (κ1) is 27.1. The number of hydrogen-bond acceptors (Lipinski definition) is 10. The smallest absolute Gasteiger partial charge is 0.311 e. The van der Waals surface area contributed by atoms with Gasteiger partial charge in [-0.05, 0) is 78.1 Å². The van der Waals surface area contributed by atoms with E-state index in [2.05, 4.69) is 22.3 Å². The van der Waals surface area contributed by atoms with E-state index >= 15 is 0 Å².